The fourth-order valence-electron chi connectivity index (χ4n) is 2.85. The first-order valence-corrected chi connectivity index (χ1v) is 8.48. The highest BCUT2D eigenvalue weighted by molar-refractivity contribution is 5.68. The van der Waals surface area contributed by atoms with Crippen molar-refractivity contribution in [3.8, 4) is 11.5 Å². The van der Waals surface area contributed by atoms with Crippen LogP contribution in [-0.4, -0.2) is 47.4 Å². The van der Waals surface area contributed by atoms with E-state index in [0.29, 0.717) is 32.1 Å². The molecule has 6 heteroatoms. The predicted molar refractivity (Wildman–Crippen MR) is 93.2 cm³/mol. The Morgan fingerprint density at radius 3 is 2.96 bits per heavy atom. The van der Waals surface area contributed by atoms with Crippen molar-refractivity contribution in [2.75, 3.05) is 19.8 Å². The van der Waals surface area contributed by atoms with Gasteiger partial charge in [0.05, 0.1) is 25.5 Å². The lowest BCUT2D eigenvalue weighted by molar-refractivity contribution is -0.0319. The van der Waals surface area contributed by atoms with Crippen molar-refractivity contribution in [3.05, 3.63) is 42.3 Å². The molecule has 134 valence electrons. The van der Waals surface area contributed by atoms with Gasteiger partial charge in [-0.05, 0) is 44.9 Å². The number of rotatable bonds is 3. The van der Waals surface area contributed by atoms with Crippen molar-refractivity contribution >= 4 is 6.09 Å². The zero-order valence-corrected chi connectivity index (χ0v) is 14.9. The molecule has 6 nitrogen and oxygen atoms in total. The number of hydrogen-bond acceptors (Lipinski definition) is 5. The van der Waals surface area contributed by atoms with Gasteiger partial charge in [-0.15, -0.1) is 0 Å². The Labute approximate surface area is 147 Å². The molecule has 1 atom stereocenters. The normalized spacial score (nSPS) is 18.2. The third-order valence-electron chi connectivity index (χ3n) is 3.93. The number of ether oxygens (including phenoxy) is 2. The zero-order valence-electron chi connectivity index (χ0n) is 14.9. The highest BCUT2D eigenvalue weighted by Gasteiger charge is 2.31. The van der Waals surface area contributed by atoms with Gasteiger partial charge in [-0.1, -0.05) is 12.1 Å². The third-order valence-corrected chi connectivity index (χ3v) is 3.93. The van der Waals surface area contributed by atoms with Crippen molar-refractivity contribution in [2.24, 2.45) is 0 Å². The van der Waals surface area contributed by atoms with Gasteiger partial charge in [0.1, 0.15) is 11.9 Å². The largest absolute Gasteiger partial charge is 0.445 e. The van der Waals surface area contributed by atoms with E-state index in [0.717, 1.165) is 11.1 Å². The number of carbonyl (C=O) groups is 1. The minimum absolute atomic E-state index is 0.0524. The average molecular weight is 344 g/mol. The highest BCUT2D eigenvalue weighted by Crippen LogP contribution is 2.22. The maximum atomic E-state index is 12.5. The van der Waals surface area contributed by atoms with Crippen LogP contribution < -0.4 is 0 Å². The average Bonchev–Trinajstić information content (AvgIpc) is 3.08. The van der Waals surface area contributed by atoms with Crippen LogP contribution in [0.2, 0.25) is 0 Å². The lowest BCUT2D eigenvalue weighted by Gasteiger charge is -2.36. The van der Waals surface area contributed by atoms with Crippen molar-refractivity contribution in [1.29, 1.82) is 0 Å². The second kappa shape index (κ2) is 7.27. The Bertz CT molecular complexity index is 706. The molecule has 3 rings (SSSR count). The third kappa shape index (κ3) is 4.60. The number of benzene rings is 1. The molecule has 1 aliphatic rings. The molecule has 0 saturated carbocycles. The van der Waals surface area contributed by atoms with Crippen LogP contribution >= 0.6 is 0 Å². The maximum absolute atomic E-state index is 12.5. The van der Waals surface area contributed by atoms with Crippen molar-refractivity contribution < 1.29 is 18.7 Å². The van der Waals surface area contributed by atoms with Gasteiger partial charge in [-0.2, -0.15) is 0 Å². The van der Waals surface area contributed by atoms with E-state index in [9.17, 15) is 4.79 Å². The quantitative estimate of drug-likeness (QED) is 0.852. The summed E-state index contributed by atoms with van der Waals surface area (Å²) in [7, 11) is 0. The number of carbonyl (C=O) groups excluding carboxylic acids is 1. The van der Waals surface area contributed by atoms with Crippen LogP contribution in [0.4, 0.5) is 4.79 Å². The summed E-state index contributed by atoms with van der Waals surface area (Å²) in [5, 5.41) is 0. The van der Waals surface area contributed by atoms with Crippen LogP contribution in [-0.2, 0) is 15.9 Å². The lowest BCUT2D eigenvalue weighted by Crippen LogP contribution is -2.51. The van der Waals surface area contributed by atoms with E-state index in [-0.39, 0.29) is 12.1 Å². The van der Waals surface area contributed by atoms with Gasteiger partial charge in [-0.25, -0.2) is 9.78 Å². The molecule has 1 unspecified atom stereocenters. The Morgan fingerprint density at radius 2 is 2.24 bits per heavy atom. The monoisotopic (exact) mass is 344 g/mol. The van der Waals surface area contributed by atoms with Gasteiger partial charge in [0, 0.05) is 12.1 Å². The molecule has 25 heavy (non-hydrogen) atoms. The first-order chi connectivity index (χ1) is 11.9. The Hall–Kier alpha value is -2.34. The number of hydrogen-bond donors (Lipinski definition) is 0. The Kier molecular flexibility index (Phi) is 5.08. The number of oxazole rings is 1. The first-order valence-electron chi connectivity index (χ1n) is 8.48. The summed E-state index contributed by atoms with van der Waals surface area (Å²) < 4.78 is 16.5. The summed E-state index contributed by atoms with van der Waals surface area (Å²) in [6.45, 7) is 7.20. The Morgan fingerprint density at radius 1 is 1.40 bits per heavy atom. The van der Waals surface area contributed by atoms with Gasteiger partial charge < -0.3 is 18.8 Å². The maximum Gasteiger partial charge on any atom is 0.410 e. The minimum Gasteiger partial charge on any atom is -0.445 e. The molecule has 0 spiro atoms. The molecule has 0 bridgehead atoms. The summed E-state index contributed by atoms with van der Waals surface area (Å²) in [5.74, 6) is 0.589. The van der Waals surface area contributed by atoms with E-state index in [1.165, 1.54) is 0 Å². The minimum atomic E-state index is -0.509. The SMILES string of the molecule is CC(C)(C)OC(=O)N1CCOCC1Cc1cccc(-c2ncco2)c1. The molecule has 0 aliphatic carbocycles. The second-order valence-corrected chi connectivity index (χ2v) is 7.14. The smallest absolute Gasteiger partial charge is 0.410 e. The van der Waals surface area contributed by atoms with E-state index in [1.807, 2.05) is 45.0 Å². The van der Waals surface area contributed by atoms with Gasteiger partial charge in [0.15, 0.2) is 0 Å². The molecule has 2 heterocycles. The predicted octanol–water partition coefficient (Wildman–Crippen LogP) is 3.52. The number of amides is 1. The summed E-state index contributed by atoms with van der Waals surface area (Å²) in [6, 6.07) is 7.94. The van der Waals surface area contributed by atoms with Gasteiger partial charge in [0.2, 0.25) is 5.89 Å². The molecular weight excluding hydrogens is 320 g/mol. The molecule has 1 fully saturated rings. The van der Waals surface area contributed by atoms with Crippen molar-refractivity contribution in [2.45, 2.75) is 38.8 Å². The highest BCUT2D eigenvalue weighted by atomic mass is 16.6. The van der Waals surface area contributed by atoms with Crippen molar-refractivity contribution in [3.63, 3.8) is 0 Å². The van der Waals surface area contributed by atoms with Crippen molar-refractivity contribution in [1.82, 2.24) is 9.88 Å². The zero-order chi connectivity index (χ0) is 17.9. The van der Waals surface area contributed by atoms with E-state index >= 15 is 0 Å². The number of nitrogens with zero attached hydrogens (tertiary/aromatic N) is 2. The first kappa shape index (κ1) is 17.5. The van der Waals surface area contributed by atoms with E-state index in [4.69, 9.17) is 13.9 Å². The van der Waals surface area contributed by atoms with Crippen LogP contribution in [0.1, 0.15) is 26.3 Å². The van der Waals surface area contributed by atoms with Gasteiger partial charge in [-0.3, -0.25) is 0 Å². The van der Waals surface area contributed by atoms with Crippen LogP contribution in [0.25, 0.3) is 11.5 Å². The molecule has 0 radical (unpaired) electrons. The number of aromatic nitrogens is 1. The second-order valence-electron chi connectivity index (χ2n) is 7.14. The van der Waals surface area contributed by atoms with Crippen LogP contribution in [0.3, 0.4) is 0 Å². The van der Waals surface area contributed by atoms with Crippen LogP contribution in [0.15, 0.2) is 41.1 Å². The van der Waals surface area contributed by atoms with E-state index in [2.05, 4.69) is 4.98 Å². The molecule has 1 aromatic heterocycles. The molecule has 1 aromatic carbocycles. The molecule has 2 aromatic rings. The van der Waals surface area contributed by atoms with Gasteiger partial charge in [0.25, 0.3) is 0 Å². The van der Waals surface area contributed by atoms with E-state index in [1.54, 1.807) is 17.4 Å². The Balaban J connectivity index is 1.73. The fraction of sp³-hybridized carbons (Fsp3) is 0.474. The fourth-order valence-corrected chi connectivity index (χ4v) is 2.85. The molecule has 1 amide bonds. The van der Waals surface area contributed by atoms with E-state index < -0.39 is 5.60 Å². The number of morpholine rings is 1. The van der Waals surface area contributed by atoms with Gasteiger partial charge >= 0.3 is 6.09 Å². The topological polar surface area (TPSA) is 64.8 Å². The van der Waals surface area contributed by atoms with Crippen LogP contribution in [0.5, 0.6) is 0 Å². The molecule has 1 saturated heterocycles. The lowest BCUT2D eigenvalue weighted by atomic mass is 10.0. The summed E-state index contributed by atoms with van der Waals surface area (Å²) in [4.78, 5) is 18.4. The summed E-state index contributed by atoms with van der Waals surface area (Å²) in [6.07, 6.45) is 3.58. The molecule has 1 aliphatic heterocycles. The standard InChI is InChI=1S/C19H24N2O4/c1-19(2,3)25-18(22)21-8-10-23-13-16(21)12-14-5-4-6-15(11-14)17-20-7-9-24-17/h4-7,9,11,16H,8,10,12-13H2,1-3H3. The van der Waals surface area contributed by atoms with Crippen LogP contribution in [0, 0.1) is 0 Å². The summed E-state index contributed by atoms with van der Waals surface area (Å²) >= 11 is 0. The molecular formula is C19H24N2O4. The molecule has 0 N–H and O–H groups in total. The summed E-state index contributed by atoms with van der Waals surface area (Å²) in [5.41, 5.74) is 1.51.